The lowest BCUT2D eigenvalue weighted by molar-refractivity contribution is -0.238. The Balaban J connectivity index is 1.82. The van der Waals surface area contributed by atoms with E-state index in [2.05, 4.69) is 6.07 Å². The zero-order valence-corrected chi connectivity index (χ0v) is 13.8. The molecular weight excluding hydrogens is 324 g/mol. The van der Waals surface area contributed by atoms with Gasteiger partial charge in [0, 0.05) is 23.4 Å². The maximum atomic E-state index is 12.5. The van der Waals surface area contributed by atoms with Crippen molar-refractivity contribution in [1.82, 2.24) is 0 Å². The third kappa shape index (κ3) is 1.85. The molecule has 0 aliphatic carbocycles. The van der Waals surface area contributed by atoms with Crippen molar-refractivity contribution in [1.29, 1.82) is 0 Å². The van der Waals surface area contributed by atoms with Crippen molar-refractivity contribution >= 4 is 11.3 Å². The van der Waals surface area contributed by atoms with Crippen molar-refractivity contribution in [3.05, 3.63) is 85.6 Å². The van der Waals surface area contributed by atoms with E-state index in [1.165, 1.54) is 0 Å². The summed E-state index contributed by atoms with van der Waals surface area (Å²) >= 11 is 1.60. The standard InChI is InChI=1S/C19H14O4S/c1-11-8-15-16(18(20)21-11)17-14-5-3-2-4-12(14)9-19(22-15,23-17)13-6-7-24-10-13/h2-8,10,17H,9H2,1H3/t17-,19-/m0/s1. The summed E-state index contributed by atoms with van der Waals surface area (Å²) in [6, 6.07) is 11.8. The van der Waals surface area contributed by atoms with E-state index in [9.17, 15) is 4.79 Å². The van der Waals surface area contributed by atoms with E-state index in [0.717, 1.165) is 16.7 Å². The fourth-order valence-corrected chi connectivity index (χ4v) is 4.28. The molecule has 24 heavy (non-hydrogen) atoms. The van der Waals surface area contributed by atoms with E-state index in [-0.39, 0.29) is 0 Å². The Kier molecular flexibility index (Phi) is 2.81. The molecule has 5 rings (SSSR count). The van der Waals surface area contributed by atoms with Gasteiger partial charge in [0.05, 0.1) is 0 Å². The van der Waals surface area contributed by atoms with Crippen LogP contribution in [0.5, 0.6) is 5.75 Å². The van der Waals surface area contributed by atoms with Gasteiger partial charge in [0.15, 0.2) is 0 Å². The molecule has 2 atom stereocenters. The Labute approximate surface area is 142 Å². The predicted molar refractivity (Wildman–Crippen MR) is 89.4 cm³/mol. The van der Waals surface area contributed by atoms with Crippen molar-refractivity contribution in [2.45, 2.75) is 25.2 Å². The van der Waals surface area contributed by atoms with Crippen LogP contribution in [0.25, 0.3) is 0 Å². The van der Waals surface area contributed by atoms with Gasteiger partial charge in [-0.1, -0.05) is 24.3 Å². The maximum Gasteiger partial charge on any atom is 0.345 e. The molecule has 5 heteroatoms. The lowest BCUT2D eigenvalue weighted by Gasteiger charge is -2.45. The fraction of sp³-hybridized carbons (Fsp3) is 0.211. The first kappa shape index (κ1) is 14.0. The Hall–Kier alpha value is -2.37. The van der Waals surface area contributed by atoms with Crippen LogP contribution in [0.15, 0.2) is 56.4 Å². The van der Waals surface area contributed by atoms with E-state index >= 15 is 0 Å². The van der Waals surface area contributed by atoms with Crippen molar-refractivity contribution in [2.75, 3.05) is 0 Å². The minimum absolute atomic E-state index is 0.398. The van der Waals surface area contributed by atoms with Crippen LogP contribution in [-0.4, -0.2) is 0 Å². The highest BCUT2D eigenvalue weighted by Gasteiger charge is 2.50. The fourth-order valence-electron chi connectivity index (χ4n) is 3.57. The summed E-state index contributed by atoms with van der Waals surface area (Å²) in [7, 11) is 0. The van der Waals surface area contributed by atoms with Gasteiger partial charge in [-0.15, -0.1) is 0 Å². The highest BCUT2D eigenvalue weighted by molar-refractivity contribution is 7.08. The number of hydrogen-bond acceptors (Lipinski definition) is 5. The molecule has 4 nitrogen and oxygen atoms in total. The topological polar surface area (TPSA) is 48.7 Å². The molecule has 1 aromatic carbocycles. The zero-order valence-electron chi connectivity index (χ0n) is 12.9. The summed E-state index contributed by atoms with van der Waals surface area (Å²) < 4.78 is 17.9. The van der Waals surface area contributed by atoms with Gasteiger partial charge in [-0.2, -0.15) is 11.3 Å². The molecule has 2 aromatic heterocycles. The van der Waals surface area contributed by atoms with Gasteiger partial charge in [0.1, 0.15) is 23.2 Å². The Morgan fingerprint density at radius 2 is 2.12 bits per heavy atom. The molecule has 0 saturated heterocycles. The maximum absolute atomic E-state index is 12.5. The van der Waals surface area contributed by atoms with Crippen LogP contribution in [0.2, 0.25) is 0 Å². The largest absolute Gasteiger partial charge is 0.457 e. The van der Waals surface area contributed by atoms with Crippen molar-refractivity contribution < 1.29 is 13.9 Å². The molecule has 0 saturated carbocycles. The quantitative estimate of drug-likeness (QED) is 0.675. The van der Waals surface area contributed by atoms with E-state index in [1.807, 2.05) is 35.0 Å². The van der Waals surface area contributed by atoms with Gasteiger partial charge in [-0.3, -0.25) is 0 Å². The average Bonchev–Trinajstić information content (AvgIpc) is 3.09. The molecule has 0 amide bonds. The lowest BCUT2D eigenvalue weighted by Crippen LogP contribution is -2.47. The Bertz CT molecular complexity index is 989. The summed E-state index contributed by atoms with van der Waals surface area (Å²) in [6.07, 6.45) is 0.130. The molecule has 3 aromatic rings. The first-order chi connectivity index (χ1) is 11.7. The molecule has 0 N–H and O–H groups in total. The van der Waals surface area contributed by atoms with Crippen LogP contribution < -0.4 is 10.4 Å². The van der Waals surface area contributed by atoms with Crippen LogP contribution in [0.4, 0.5) is 0 Å². The van der Waals surface area contributed by atoms with Crippen LogP contribution in [0.3, 0.4) is 0 Å². The third-order valence-electron chi connectivity index (χ3n) is 4.64. The summed E-state index contributed by atoms with van der Waals surface area (Å²) in [5, 5.41) is 4.04. The molecule has 2 bridgehead atoms. The normalized spacial score (nSPS) is 24.0. The molecule has 0 spiro atoms. The first-order valence-electron chi connectivity index (χ1n) is 7.78. The third-order valence-corrected chi connectivity index (χ3v) is 5.32. The monoisotopic (exact) mass is 338 g/mol. The Morgan fingerprint density at radius 1 is 1.25 bits per heavy atom. The van der Waals surface area contributed by atoms with E-state index < -0.39 is 17.5 Å². The Morgan fingerprint density at radius 3 is 2.96 bits per heavy atom. The highest BCUT2D eigenvalue weighted by Crippen LogP contribution is 2.51. The van der Waals surface area contributed by atoms with Crippen molar-refractivity contribution in [2.24, 2.45) is 0 Å². The second-order valence-corrected chi connectivity index (χ2v) is 6.94. The number of rotatable bonds is 1. The van der Waals surface area contributed by atoms with Crippen molar-refractivity contribution in [3.63, 3.8) is 0 Å². The molecule has 0 unspecified atom stereocenters. The van der Waals surface area contributed by atoms with Gasteiger partial charge in [-0.25, -0.2) is 4.79 Å². The number of benzene rings is 1. The average molecular weight is 338 g/mol. The molecule has 2 aliphatic rings. The number of hydrogen-bond donors (Lipinski definition) is 0. The number of aryl methyl sites for hydroxylation is 1. The number of fused-ring (bicyclic) bond motifs is 6. The van der Waals surface area contributed by atoms with Crippen molar-refractivity contribution in [3.8, 4) is 5.75 Å². The molecule has 2 aliphatic heterocycles. The van der Waals surface area contributed by atoms with Gasteiger partial charge >= 0.3 is 5.63 Å². The number of ether oxygens (including phenoxy) is 2. The first-order valence-corrected chi connectivity index (χ1v) is 8.72. The SMILES string of the molecule is Cc1cc2c(c(=O)o1)[C@H]1O[C@](c3ccsc3)(Cc3ccccc31)O2. The molecule has 0 radical (unpaired) electrons. The lowest BCUT2D eigenvalue weighted by atomic mass is 9.85. The summed E-state index contributed by atoms with van der Waals surface area (Å²) in [6.45, 7) is 1.75. The summed E-state index contributed by atoms with van der Waals surface area (Å²) in [5.41, 5.74) is 3.16. The molecule has 120 valence electrons. The summed E-state index contributed by atoms with van der Waals surface area (Å²) in [5.74, 6) is 0.194. The predicted octanol–water partition coefficient (Wildman–Crippen LogP) is 3.92. The van der Waals surface area contributed by atoms with Gasteiger partial charge in [-0.05, 0) is 29.5 Å². The smallest absolute Gasteiger partial charge is 0.345 e. The zero-order chi connectivity index (χ0) is 16.3. The van der Waals surface area contributed by atoms with Gasteiger partial charge in [0.2, 0.25) is 5.79 Å². The van der Waals surface area contributed by atoms with Crippen LogP contribution in [0, 0.1) is 6.92 Å². The van der Waals surface area contributed by atoms with Crippen LogP contribution in [0.1, 0.15) is 34.1 Å². The molecule has 4 heterocycles. The van der Waals surface area contributed by atoms with E-state index in [0.29, 0.717) is 23.5 Å². The second-order valence-electron chi connectivity index (χ2n) is 6.16. The minimum atomic E-state index is -0.897. The van der Waals surface area contributed by atoms with Gasteiger partial charge < -0.3 is 13.9 Å². The van der Waals surface area contributed by atoms with E-state index in [1.54, 1.807) is 24.3 Å². The molecule has 0 fully saturated rings. The van der Waals surface area contributed by atoms with Gasteiger partial charge in [0.25, 0.3) is 0 Å². The minimum Gasteiger partial charge on any atom is -0.457 e. The number of thiophene rings is 1. The highest BCUT2D eigenvalue weighted by atomic mass is 32.1. The van der Waals surface area contributed by atoms with E-state index in [4.69, 9.17) is 13.9 Å². The van der Waals surface area contributed by atoms with Crippen LogP contribution in [-0.2, 0) is 16.9 Å². The van der Waals surface area contributed by atoms with Crippen LogP contribution >= 0.6 is 11.3 Å². The second kappa shape index (κ2) is 4.82. The summed E-state index contributed by atoms with van der Waals surface area (Å²) in [4.78, 5) is 12.5. The molecular formula is C19H14O4S.